The first-order valence-electron chi connectivity index (χ1n) is 4.70. The summed E-state index contributed by atoms with van der Waals surface area (Å²) in [6.45, 7) is 0.732. The summed E-state index contributed by atoms with van der Waals surface area (Å²) in [4.78, 5) is 0. The van der Waals surface area contributed by atoms with E-state index >= 15 is 0 Å². The first-order valence-corrected chi connectivity index (χ1v) is 4.70. The van der Waals surface area contributed by atoms with Gasteiger partial charge in [-0.25, -0.2) is 0 Å². The molecule has 0 aromatic heterocycles. The van der Waals surface area contributed by atoms with Gasteiger partial charge >= 0.3 is 0 Å². The Labute approximate surface area is 78.2 Å². The Hall–Kier alpha value is -0.860. The SMILES string of the molecule is O[C@@H](CCc1ccccc1)C1CO1. The highest BCUT2D eigenvalue weighted by molar-refractivity contribution is 5.14. The van der Waals surface area contributed by atoms with E-state index in [4.69, 9.17) is 4.74 Å². The maximum atomic E-state index is 9.53. The van der Waals surface area contributed by atoms with Gasteiger partial charge in [0.05, 0.1) is 12.7 Å². The van der Waals surface area contributed by atoms with Crippen LogP contribution in [-0.4, -0.2) is 23.9 Å². The largest absolute Gasteiger partial charge is 0.390 e. The predicted molar refractivity (Wildman–Crippen MR) is 50.5 cm³/mol. The topological polar surface area (TPSA) is 32.8 Å². The van der Waals surface area contributed by atoms with Gasteiger partial charge in [0.2, 0.25) is 0 Å². The van der Waals surface area contributed by atoms with Crippen LogP contribution in [0.15, 0.2) is 30.3 Å². The monoisotopic (exact) mass is 178 g/mol. The average Bonchev–Trinajstić information content (AvgIpc) is 2.99. The Morgan fingerprint density at radius 3 is 2.69 bits per heavy atom. The third-order valence-electron chi connectivity index (χ3n) is 2.36. The molecule has 1 saturated heterocycles. The van der Waals surface area contributed by atoms with Gasteiger partial charge in [0.1, 0.15) is 6.10 Å². The molecule has 2 nitrogen and oxygen atoms in total. The molecule has 0 amide bonds. The van der Waals surface area contributed by atoms with Crippen molar-refractivity contribution in [1.82, 2.24) is 0 Å². The van der Waals surface area contributed by atoms with Crippen molar-refractivity contribution in [2.45, 2.75) is 25.0 Å². The molecule has 70 valence electrons. The number of aliphatic hydroxyl groups excluding tert-OH is 1. The van der Waals surface area contributed by atoms with Gasteiger partial charge in [-0.1, -0.05) is 30.3 Å². The standard InChI is InChI=1S/C11H14O2/c12-10(11-8-13-11)7-6-9-4-2-1-3-5-9/h1-5,10-12H,6-8H2/t10-,11?/m0/s1. The summed E-state index contributed by atoms with van der Waals surface area (Å²) in [5.74, 6) is 0. The summed E-state index contributed by atoms with van der Waals surface area (Å²) < 4.78 is 5.01. The van der Waals surface area contributed by atoms with Crippen molar-refractivity contribution < 1.29 is 9.84 Å². The van der Waals surface area contributed by atoms with E-state index in [1.807, 2.05) is 18.2 Å². The van der Waals surface area contributed by atoms with Gasteiger partial charge in [0, 0.05) is 0 Å². The van der Waals surface area contributed by atoms with E-state index in [9.17, 15) is 5.11 Å². The summed E-state index contributed by atoms with van der Waals surface area (Å²) in [6, 6.07) is 10.2. The van der Waals surface area contributed by atoms with Crippen molar-refractivity contribution >= 4 is 0 Å². The maximum Gasteiger partial charge on any atom is 0.107 e. The van der Waals surface area contributed by atoms with Crippen molar-refractivity contribution in [2.75, 3.05) is 6.61 Å². The molecule has 0 aliphatic carbocycles. The highest BCUT2D eigenvalue weighted by Gasteiger charge is 2.30. The Balaban J connectivity index is 1.78. The average molecular weight is 178 g/mol. The van der Waals surface area contributed by atoms with Crippen LogP contribution in [0.1, 0.15) is 12.0 Å². The van der Waals surface area contributed by atoms with E-state index in [2.05, 4.69) is 12.1 Å². The Kier molecular flexibility index (Phi) is 2.62. The number of ether oxygens (including phenoxy) is 1. The zero-order valence-electron chi connectivity index (χ0n) is 7.52. The first kappa shape index (κ1) is 8.73. The Morgan fingerprint density at radius 1 is 1.38 bits per heavy atom. The first-order chi connectivity index (χ1) is 6.36. The molecule has 2 atom stereocenters. The molecular formula is C11H14O2. The van der Waals surface area contributed by atoms with E-state index in [0.29, 0.717) is 0 Å². The van der Waals surface area contributed by atoms with E-state index in [1.54, 1.807) is 0 Å². The van der Waals surface area contributed by atoms with Crippen LogP contribution >= 0.6 is 0 Å². The predicted octanol–water partition coefficient (Wildman–Crippen LogP) is 1.38. The van der Waals surface area contributed by atoms with Gasteiger partial charge in [-0.05, 0) is 18.4 Å². The van der Waals surface area contributed by atoms with E-state index in [0.717, 1.165) is 19.4 Å². The normalized spacial score (nSPS) is 22.7. The lowest BCUT2D eigenvalue weighted by atomic mass is 10.1. The maximum absolute atomic E-state index is 9.53. The number of aliphatic hydroxyl groups is 1. The zero-order chi connectivity index (χ0) is 9.10. The molecule has 1 aromatic carbocycles. The number of hydrogen-bond donors (Lipinski definition) is 1. The van der Waals surface area contributed by atoms with Crippen LogP contribution in [-0.2, 0) is 11.2 Å². The Morgan fingerprint density at radius 2 is 2.08 bits per heavy atom. The molecule has 1 aromatic rings. The van der Waals surface area contributed by atoms with Gasteiger partial charge in [0.25, 0.3) is 0 Å². The van der Waals surface area contributed by atoms with Gasteiger partial charge < -0.3 is 9.84 Å². The smallest absolute Gasteiger partial charge is 0.107 e. The van der Waals surface area contributed by atoms with Crippen LogP contribution in [0, 0.1) is 0 Å². The van der Waals surface area contributed by atoms with Crippen molar-refractivity contribution in [3.8, 4) is 0 Å². The van der Waals surface area contributed by atoms with Crippen LogP contribution in [0.4, 0.5) is 0 Å². The van der Waals surface area contributed by atoms with Crippen molar-refractivity contribution in [1.29, 1.82) is 0 Å². The highest BCUT2D eigenvalue weighted by atomic mass is 16.6. The lowest BCUT2D eigenvalue weighted by molar-refractivity contribution is 0.127. The number of hydrogen-bond acceptors (Lipinski definition) is 2. The number of epoxide rings is 1. The highest BCUT2D eigenvalue weighted by Crippen LogP contribution is 2.18. The summed E-state index contributed by atoms with van der Waals surface area (Å²) in [5, 5.41) is 9.53. The van der Waals surface area contributed by atoms with Crippen LogP contribution in [0.5, 0.6) is 0 Å². The molecule has 1 N–H and O–H groups in total. The minimum absolute atomic E-state index is 0.115. The second kappa shape index (κ2) is 3.90. The lowest BCUT2D eigenvalue weighted by Gasteiger charge is -2.06. The third kappa shape index (κ3) is 2.54. The molecule has 1 aliphatic rings. The van der Waals surface area contributed by atoms with Crippen LogP contribution in [0.3, 0.4) is 0 Å². The Bertz CT molecular complexity index is 254. The van der Waals surface area contributed by atoms with Gasteiger partial charge in [0.15, 0.2) is 0 Å². The number of rotatable bonds is 4. The fourth-order valence-electron chi connectivity index (χ4n) is 1.42. The van der Waals surface area contributed by atoms with E-state index < -0.39 is 0 Å². The summed E-state index contributed by atoms with van der Waals surface area (Å²) in [6.07, 6.45) is 1.57. The third-order valence-corrected chi connectivity index (χ3v) is 2.36. The van der Waals surface area contributed by atoms with Crippen LogP contribution in [0.2, 0.25) is 0 Å². The molecule has 0 saturated carbocycles. The van der Waals surface area contributed by atoms with Gasteiger partial charge in [-0.15, -0.1) is 0 Å². The van der Waals surface area contributed by atoms with Gasteiger partial charge in [-0.2, -0.15) is 0 Å². The molecule has 2 heteroatoms. The number of aryl methyl sites for hydroxylation is 1. The fraction of sp³-hybridized carbons (Fsp3) is 0.455. The second-order valence-corrected chi connectivity index (χ2v) is 3.46. The molecule has 0 bridgehead atoms. The quantitative estimate of drug-likeness (QED) is 0.706. The minimum atomic E-state index is -0.278. The van der Waals surface area contributed by atoms with Gasteiger partial charge in [-0.3, -0.25) is 0 Å². The molecule has 13 heavy (non-hydrogen) atoms. The summed E-state index contributed by atoms with van der Waals surface area (Å²) >= 11 is 0. The molecule has 1 aliphatic heterocycles. The minimum Gasteiger partial charge on any atom is -0.390 e. The van der Waals surface area contributed by atoms with E-state index in [-0.39, 0.29) is 12.2 Å². The molecule has 1 unspecified atom stereocenters. The van der Waals surface area contributed by atoms with Crippen molar-refractivity contribution in [3.05, 3.63) is 35.9 Å². The van der Waals surface area contributed by atoms with Crippen LogP contribution in [0.25, 0.3) is 0 Å². The molecular weight excluding hydrogens is 164 g/mol. The summed E-state index contributed by atoms with van der Waals surface area (Å²) in [5.41, 5.74) is 1.28. The molecule has 2 rings (SSSR count). The van der Waals surface area contributed by atoms with Crippen LogP contribution < -0.4 is 0 Å². The second-order valence-electron chi connectivity index (χ2n) is 3.46. The van der Waals surface area contributed by atoms with Crippen molar-refractivity contribution in [3.63, 3.8) is 0 Å². The summed E-state index contributed by atoms with van der Waals surface area (Å²) in [7, 11) is 0. The van der Waals surface area contributed by atoms with E-state index in [1.165, 1.54) is 5.56 Å². The number of benzene rings is 1. The molecule has 0 radical (unpaired) electrons. The fourth-order valence-corrected chi connectivity index (χ4v) is 1.42. The zero-order valence-corrected chi connectivity index (χ0v) is 7.52. The van der Waals surface area contributed by atoms with Crippen molar-refractivity contribution in [2.24, 2.45) is 0 Å². The molecule has 1 fully saturated rings. The molecule has 1 heterocycles. The molecule has 0 spiro atoms. The lowest BCUT2D eigenvalue weighted by Crippen LogP contribution is -2.15.